The van der Waals surface area contributed by atoms with E-state index in [0.29, 0.717) is 29.7 Å². The minimum atomic E-state index is -1.38. The van der Waals surface area contributed by atoms with E-state index in [1.807, 2.05) is 0 Å². The number of rotatable bonds is 1. The molecule has 1 aliphatic carbocycles. The lowest BCUT2D eigenvalue weighted by Crippen LogP contribution is -2.41. The Morgan fingerprint density at radius 2 is 2.12 bits per heavy atom. The molecule has 0 amide bonds. The van der Waals surface area contributed by atoms with Crippen molar-refractivity contribution in [1.29, 1.82) is 0 Å². The summed E-state index contributed by atoms with van der Waals surface area (Å²) in [5, 5.41) is 29.8. The van der Waals surface area contributed by atoms with Gasteiger partial charge in [-0.05, 0) is 31.9 Å². The summed E-state index contributed by atoms with van der Waals surface area (Å²) in [5.74, 6) is 0.638. The second-order valence-corrected chi connectivity index (χ2v) is 4.34. The van der Waals surface area contributed by atoms with Gasteiger partial charge in [-0.3, -0.25) is 0 Å². The van der Waals surface area contributed by atoms with Gasteiger partial charge in [-0.2, -0.15) is 0 Å². The second kappa shape index (κ2) is 3.64. The van der Waals surface area contributed by atoms with Crippen molar-refractivity contribution in [3.63, 3.8) is 0 Å². The zero-order valence-electron chi connectivity index (χ0n) is 9.40. The highest BCUT2D eigenvalue weighted by Crippen LogP contribution is 2.44. The fourth-order valence-electron chi connectivity index (χ4n) is 2.32. The zero-order valence-corrected chi connectivity index (χ0v) is 9.40. The van der Waals surface area contributed by atoms with Crippen LogP contribution in [0.5, 0.6) is 11.5 Å². The van der Waals surface area contributed by atoms with Crippen molar-refractivity contribution in [3.8, 4) is 11.5 Å². The zero-order chi connectivity index (χ0) is 11.9. The molecule has 2 unspecified atom stereocenters. The van der Waals surface area contributed by atoms with Crippen LogP contribution < -0.4 is 4.74 Å². The minimum absolute atomic E-state index is 0.142. The first kappa shape index (κ1) is 11.2. The molecule has 2 rings (SSSR count). The lowest BCUT2D eigenvalue weighted by molar-refractivity contribution is -0.0780. The van der Waals surface area contributed by atoms with Crippen LogP contribution in [0.25, 0.3) is 0 Å². The summed E-state index contributed by atoms with van der Waals surface area (Å²) in [6, 6.07) is 3.14. The fourth-order valence-corrected chi connectivity index (χ4v) is 2.32. The van der Waals surface area contributed by atoms with Crippen molar-refractivity contribution in [2.24, 2.45) is 0 Å². The Labute approximate surface area is 94.1 Å². The SMILES string of the molecule is COc1ccc(O)c2c1C(C)(O)C(O)CC2. The van der Waals surface area contributed by atoms with Gasteiger partial charge >= 0.3 is 0 Å². The summed E-state index contributed by atoms with van der Waals surface area (Å²) in [6.45, 7) is 1.54. The van der Waals surface area contributed by atoms with E-state index in [0.717, 1.165) is 0 Å². The van der Waals surface area contributed by atoms with Crippen LogP contribution in [-0.2, 0) is 12.0 Å². The maximum absolute atomic E-state index is 10.3. The molecule has 0 spiro atoms. The fraction of sp³-hybridized carbons (Fsp3) is 0.500. The minimum Gasteiger partial charge on any atom is -0.508 e. The smallest absolute Gasteiger partial charge is 0.125 e. The van der Waals surface area contributed by atoms with Gasteiger partial charge in [0.2, 0.25) is 0 Å². The summed E-state index contributed by atoms with van der Waals surface area (Å²) in [4.78, 5) is 0. The van der Waals surface area contributed by atoms with E-state index in [-0.39, 0.29) is 5.75 Å². The summed E-state index contributed by atoms with van der Waals surface area (Å²) in [6.07, 6.45) is 0.131. The van der Waals surface area contributed by atoms with Crippen LogP contribution in [0, 0.1) is 0 Å². The molecule has 0 radical (unpaired) electrons. The largest absolute Gasteiger partial charge is 0.508 e. The number of aliphatic hydroxyl groups excluding tert-OH is 1. The van der Waals surface area contributed by atoms with Crippen LogP contribution in [0.3, 0.4) is 0 Å². The summed E-state index contributed by atoms with van der Waals surface area (Å²) < 4.78 is 5.17. The summed E-state index contributed by atoms with van der Waals surface area (Å²) in [7, 11) is 1.50. The molecule has 0 saturated heterocycles. The van der Waals surface area contributed by atoms with E-state index < -0.39 is 11.7 Å². The molecule has 0 aliphatic heterocycles. The molecule has 0 fully saturated rings. The molecular weight excluding hydrogens is 208 g/mol. The van der Waals surface area contributed by atoms with Gasteiger partial charge in [0.15, 0.2) is 0 Å². The second-order valence-electron chi connectivity index (χ2n) is 4.34. The maximum Gasteiger partial charge on any atom is 0.125 e. The standard InChI is InChI=1S/C12H16O4/c1-12(15)10(14)6-3-7-8(13)4-5-9(16-2)11(7)12/h4-5,10,13-15H,3,6H2,1-2H3. The molecule has 0 bridgehead atoms. The average Bonchev–Trinajstić information content (AvgIpc) is 2.24. The Morgan fingerprint density at radius 1 is 1.44 bits per heavy atom. The maximum atomic E-state index is 10.3. The van der Waals surface area contributed by atoms with Crippen LogP contribution in [0.1, 0.15) is 24.5 Å². The number of phenols is 1. The number of ether oxygens (including phenoxy) is 1. The van der Waals surface area contributed by atoms with Crippen LogP contribution in [0.2, 0.25) is 0 Å². The highest BCUT2D eigenvalue weighted by atomic mass is 16.5. The van der Waals surface area contributed by atoms with Gasteiger partial charge in [0.25, 0.3) is 0 Å². The molecule has 88 valence electrons. The van der Waals surface area contributed by atoms with Gasteiger partial charge in [-0.25, -0.2) is 0 Å². The molecule has 3 N–H and O–H groups in total. The quantitative estimate of drug-likeness (QED) is 0.663. The van der Waals surface area contributed by atoms with E-state index in [2.05, 4.69) is 0 Å². The third-order valence-corrected chi connectivity index (χ3v) is 3.29. The molecule has 4 nitrogen and oxygen atoms in total. The third kappa shape index (κ3) is 1.45. The number of benzene rings is 1. The van der Waals surface area contributed by atoms with E-state index in [1.54, 1.807) is 12.1 Å². The number of hydrogen-bond acceptors (Lipinski definition) is 4. The number of aliphatic hydroxyl groups is 2. The number of phenolic OH excluding ortho intramolecular Hbond substituents is 1. The van der Waals surface area contributed by atoms with Crippen LogP contribution in [-0.4, -0.2) is 28.5 Å². The van der Waals surface area contributed by atoms with Crippen molar-refractivity contribution >= 4 is 0 Å². The summed E-state index contributed by atoms with van der Waals surface area (Å²) >= 11 is 0. The normalized spacial score (nSPS) is 28.6. The lowest BCUT2D eigenvalue weighted by atomic mass is 9.77. The Balaban J connectivity index is 2.67. The predicted octanol–water partition coefficient (Wildman–Crippen LogP) is 0.915. The first-order valence-electron chi connectivity index (χ1n) is 5.28. The van der Waals surface area contributed by atoms with Crippen molar-refractivity contribution in [2.45, 2.75) is 31.5 Å². The van der Waals surface area contributed by atoms with E-state index in [9.17, 15) is 15.3 Å². The highest BCUT2D eigenvalue weighted by molar-refractivity contribution is 5.52. The number of hydrogen-bond donors (Lipinski definition) is 3. The first-order chi connectivity index (χ1) is 7.48. The van der Waals surface area contributed by atoms with E-state index in [4.69, 9.17) is 4.74 Å². The van der Waals surface area contributed by atoms with Crippen molar-refractivity contribution in [1.82, 2.24) is 0 Å². The predicted molar refractivity (Wildman–Crippen MR) is 58.6 cm³/mol. The molecule has 0 saturated carbocycles. The molecule has 4 heteroatoms. The first-order valence-corrected chi connectivity index (χ1v) is 5.28. The number of aromatic hydroxyl groups is 1. The van der Waals surface area contributed by atoms with Gasteiger partial charge < -0.3 is 20.1 Å². The Morgan fingerprint density at radius 3 is 2.75 bits per heavy atom. The van der Waals surface area contributed by atoms with Gasteiger partial charge in [0.05, 0.1) is 13.2 Å². The van der Waals surface area contributed by atoms with Crippen LogP contribution >= 0.6 is 0 Å². The van der Waals surface area contributed by atoms with Crippen molar-refractivity contribution < 1.29 is 20.1 Å². The highest BCUT2D eigenvalue weighted by Gasteiger charge is 2.41. The summed E-state index contributed by atoms with van der Waals surface area (Å²) in [5.41, 5.74) is -0.221. The van der Waals surface area contributed by atoms with Gasteiger partial charge in [-0.1, -0.05) is 0 Å². The lowest BCUT2D eigenvalue weighted by Gasteiger charge is -2.36. The van der Waals surface area contributed by atoms with Crippen molar-refractivity contribution in [2.75, 3.05) is 7.11 Å². The molecule has 0 aromatic heterocycles. The molecule has 0 heterocycles. The molecule has 1 aromatic rings. The Hall–Kier alpha value is -1.26. The molecule has 2 atom stereocenters. The van der Waals surface area contributed by atoms with Gasteiger partial charge in [0.1, 0.15) is 17.1 Å². The monoisotopic (exact) mass is 224 g/mol. The number of fused-ring (bicyclic) bond motifs is 1. The molecule has 1 aromatic carbocycles. The molecular formula is C12H16O4. The molecule has 16 heavy (non-hydrogen) atoms. The Kier molecular flexibility index (Phi) is 2.56. The van der Waals surface area contributed by atoms with E-state index >= 15 is 0 Å². The Bertz CT molecular complexity index is 412. The average molecular weight is 224 g/mol. The van der Waals surface area contributed by atoms with Crippen LogP contribution in [0.15, 0.2) is 12.1 Å². The van der Waals surface area contributed by atoms with Crippen molar-refractivity contribution in [3.05, 3.63) is 23.3 Å². The topological polar surface area (TPSA) is 69.9 Å². The van der Waals surface area contributed by atoms with Crippen LogP contribution in [0.4, 0.5) is 0 Å². The molecule has 1 aliphatic rings. The third-order valence-electron chi connectivity index (χ3n) is 3.29. The van der Waals surface area contributed by atoms with E-state index in [1.165, 1.54) is 14.0 Å². The number of methoxy groups -OCH3 is 1. The van der Waals surface area contributed by atoms with Gasteiger partial charge in [-0.15, -0.1) is 0 Å². The van der Waals surface area contributed by atoms with Gasteiger partial charge in [0, 0.05) is 11.1 Å².